The molecule has 1 aromatic rings. The summed E-state index contributed by atoms with van der Waals surface area (Å²) in [7, 11) is 1.72. The molecule has 3 nitrogen and oxygen atoms in total. The van der Waals surface area contributed by atoms with Gasteiger partial charge in [0, 0.05) is 23.9 Å². The largest absolute Gasteiger partial charge is 0.379 e. The molecule has 0 aromatic heterocycles. The van der Waals surface area contributed by atoms with Crippen LogP contribution in [-0.4, -0.2) is 32.0 Å². The average molecular weight is 335 g/mol. The van der Waals surface area contributed by atoms with E-state index >= 15 is 0 Å². The van der Waals surface area contributed by atoms with Crippen LogP contribution in [0.15, 0.2) is 22.7 Å². The molecular weight excluding hydrogens is 318 g/mol. The summed E-state index contributed by atoms with van der Waals surface area (Å²) in [5, 5.41) is 4.15. The van der Waals surface area contributed by atoms with Crippen LogP contribution in [0.2, 0.25) is 5.02 Å². The highest BCUT2D eigenvalue weighted by Gasteiger charge is 2.42. The number of hydrogen-bond acceptors (Lipinski definition) is 3. The van der Waals surface area contributed by atoms with Crippen molar-refractivity contribution in [1.82, 2.24) is 0 Å². The maximum atomic E-state index is 5.97. The maximum absolute atomic E-state index is 5.97. The molecule has 18 heavy (non-hydrogen) atoms. The van der Waals surface area contributed by atoms with Crippen LogP contribution in [0.1, 0.15) is 13.3 Å². The minimum Gasteiger partial charge on any atom is -0.379 e. The Morgan fingerprint density at radius 1 is 1.50 bits per heavy atom. The Hall–Kier alpha value is -0.290. The first-order valence-electron chi connectivity index (χ1n) is 6.01. The van der Waals surface area contributed by atoms with Crippen LogP contribution in [0.4, 0.5) is 5.69 Å². The van der Waals surface area contributed by atoms with Crippen molar-refractivity contribution < 1.29 is 9.47 Å². The Bertz CT molecular complexity index is 416. The van der Waals surface area contributed by atoms with E-state index in [0.717, 1.165) is 23.2 Å². The van der Waals surface area contributed by atoms with Crippen molar-refractivity contribution in [3.63, 3.8) is 0 Å². The molecule has 1 aromatic carbocycles. The van der Waals surface area contributed by atoms with Crippen LogP contribution in [0.5, 0.6) is 0 Å². The smallest absolute Gasteiger partial charge is 0.103 e. The molecule has 3 atom stereocenters. The Kier molecular flexibility index (Phi) is 4.90. The molecule has 100 valence electrons. The third kappa shape index (κ3) is 2.99. The summed E-state index contributed by atoms with van der Waals surface area (Å²) in [4.78, 5) is 0. The third-order valence-corrected chi connectivity index (χ3v) is 4.39. The zero-order valence-corrected chi connectivity index (χ0v) is 12.8. The van der Waals surface area contributed by atoms with Crippen molar-refractivity contribution >= 4 is 33.2 Å². The molecule has 5 heteroatoms. The summed E-state index contributed by atoms with van der Waals surface area (Å²) in [6.07, 6.45) is 1.28. The molecule has 1 aliphatic carbocycles. The number of benzene rings is 1. The molecule has 0 radical (unpaired) electrons. The first-order chi connectivity index (χ1) is 8.65. The van der Waals surface area contributed by atoms with Crippen LogP contribution < -0.4 is 5.32 Å². The fourth-order valence-electron chi connectivity index (χ4n) is 2.22. The molecule has 1 fully saturated rings. The number of ether oxygens (including phenoxy) is 2. The van der Waals surface area contributed by atoms with Crippen molar-refractivity contribution in [3.05, 3.63) is 27.7 Å². The Morgan fingerprint density at radius 3 is 2.89 bits per heavy atom. The summed E-state index contributed by atoms with van der Waals surface area (Å²) in [6.45, 7) is 2.73. The summed E-state index contributed by atoms with van der Waals surface area (Å²) >= 11 is 9.38. The lowest BCUT2D eigenvalue weighted by atomic mass is 9.85. The normalized spacial score (nSPS) is 26.8. The quantitative estimate of drug-likeness (QED) is 0.890. The van der Waals surface area contributed by atoms with Crippen LogP contribution >= 0.6 is 27.5 Å². The van der Waals surface area contributed by atoms with Gasteiger partial charge in [0.2, 0.25) is 0 Å². The van der Waals surface area contributed by atoms with Gasteiger partial charge in [0.1, 0.15) is 6.10 Å². The van der Waals surface area contributed by atoms with E-state index < -0.39 is 0 Å². The molecule has 1 saturated carbocycles. The number of hydrogen-bond donors (Lipinski definition) is 1. The summed E-state index contributed by atoms with van der Waals surface area (Å²) in [5.41, 5.74) is 1.04. The number of halogens is 2. The highest BCUT2D eigenvalue weighted by molar-refractivity contribution is 9.10. The van der Waals surface area contributed by atoms with Gasteiger partial charge in [-0.1, -0.05) is 11.6 Å². The van der Waals surface area contributed by atoms with Crippen molar-refractivity contribution in [2.45, 2.75) is 31.6 Å². The van der Waals surface area contributed by atoms with E-state index in [4.69, 9.17) is 21.1 Å². The highest BCUT2D eigenvalue weighted by atomic mass is 79.9. The van der Waals surface area contributed by atoms with Crippen molar-refractivity contribution in [2.24, 2.45) is 0 Å². The molecule has 1 N–H and O–H groups in total. The van der Waals surface area contributed by atoms with Gasteiger partial charge >= 0.3 is 0 Å². The number of nitrogens with one attached hydrogen (secondary N) is 1. The van der Waals surface area contributed by atoms with Gasteiger partial charge in [0.05, 0.1) is 17.2 Å². The molecule has 0 amide bonds. The fourth-order valence-corrected chi connectivity index (χ4v) is 2.71. The topological polar surface area (TPSA) is 30.5 Å². The average Bonchev–Trinajstić information content (AvgIpc) is 2.32. The van der Waals surface area contributed by atoms with Gasteiger partial charge in [0.25, 0.3) is 0 Å². The summed E-state index contributed by atoms with van der Waals surface area (Å²) in [6, 6.07) is 6.10. The Labute approximate surface area is 121 Å². The number of anilines is 1. The van der Waals surface area contributed by atoms with E-state index in [-0.39, 0.29) is 12.2 Å². The molecule has 0 bridgehead atoms. The minimum absolute atomic E-state index is 0.111. The SMILES string of the molecule is CCOC1CC(Nc2ccc(Cl)c(Br)c2)C1OC. The minimum atomic E-state index is 0.111. The van der Waals surface area contributed by atoms with Crippen molar-refractivity contribution in [1.29, 1.82) is 0 Å². The predicted molar refractivity (Wildman–Crippen MR) is 77.4 cm³/mol. The van der Waals surface area contributed by atoms with Crippen molar-refractivity contribution in [3.8, 4) is 0 Å². The van der Waals surface area contributed by atoms with Crippen LogP contribution in [0.25, 0.3) is 0 Å². The van der Waals surface area contributed by atoms with Crippen LogP contribution in [-0.2, 0) is 9.47 Å². The molecule has 1 aliphatic rings. The number of methoxy groups -OCH3 is 1. The molecule has 0 aliphatic heterocycles. The van der Waals surface area contributed by atoms with Gasteiger partial charge in [-0.2, -0.15) is 0 Å². The van der Waals surface area contributed by atoms with Gasteiger partial charge in [0.15, 0.2) is 0 Å². The summed E-state index contributed by atoms with van der Waals surface area (Å²) in [5.74, 6) is 0. The first kappa shape index (κ1) is 14.1. The zero-order valence-electron chi connectivity index (χ0n) is 10.5. The van der Waals surface area contributed by atoms with Gasteiger partial charge in [-0.3, -0.25) is 0 Å². The third-order valence-electron chi connectivity index (χ3n) is 3.17. The zero-order chi connectivity index (χ0) is 13.1. The van der Waals surface area contributed by atoms with Gasteiger partial charge in [-0.25, -0.2) is 0 Å². The van der Waals surface area contributed by atoms with E-state index in [9.17, 15) is 0 Å². The second-order valence-electron chi connectivity index (χ2n) is 4.31. The van der Waals surface area contributed by atoms with E-state index in [1.165, 1.54) is 0 Å². The monoisotopic (exact) mass is 333 g/mol. The highest BCUT2D eigenvalue weighted by Crippen LogP contribution is 2.32. The molecule has 0 heterocycles. The molecule has 0 saturated heterocycles. The Balaban J connectivity index is 1.96. The molecule has 3 unspecified atom stereocenters. The van der Waals surface area contributed by atoms with Crippen molar-refractivity contribution in [2.75, 3.05) is 19.0 Å². The lowest BCUT2D eigenvalue weighted by Gasteiger charge is -2.43. The second kappa shape index (κ2) is 6.24. The number of rotatable bonds is 5. The maximum Gasteiger partial charge on any atom is 0.103 e. The Morgan fingerprint density at radius 2 is 2.28 bits per heavy atom. The molecule has 0 spiro atoms. The van der Waals surface area contributed by atoms with Crippen LogP contribution in [0, 0.1) is 0 Å². The van der Waals surface area contributed by atoms with E-state index in [1.54, 1.807) is 7.11 Å². The lowest BCUT2D eigenvalue weighted by molar-refractivity contribution is -0.118. The van der Waals surface area contributed by atoms with E-state index in [1.807, 2.05) is 25.1 Å². The predicted octanol–water partition coefficient (Wildman–Crippen LogP) is 3.71. The van der Waals surface area contributed by atoms with Gasteiger partial charge in [-0.05, 0) is 47.5 Å². The van der Waals surface area contributed by atoms with Gasteiger partial charge in [-0.15, -0.1) is 0 Å². The molecule has 2 rings (SSSR count). The first-order valence-corrected chi connectivity index (χ1v) is 7.18. The van der Waals surface area contributed by atoms with E-state index in [2.05, 4.69) is 21.2 Å². The fraction of sp³-hybridized carbons (Fsp3) is 0.538. The van der Waals surface area contributed by atoms with E-state index in [0.29, 0.717) is 11.1 Å². The molecular formula is C13H17BrClNO2. The van der Waals surface area contributed by atoms with Crippen LogP contribution in [0.3, 0.4) is 0 Å². The van der Waals surface area contributed by atoms with Gasteiger partial charge < -0.3 is 14.8 Å². The standard InChI is InChI=1S/C13H17BrClNO2/c1-3-18-12-7-11(13(12)17-2)16-8-4-5-10(15)9(14)6-8/h4-6,11-13,16H,3,7H2,1-2H3. The summed E-state index contributed by atoms with van der Waals surface area (Å²) < 4.78 is 12.0. The lowest BCUT2D eigenvalue weighted by Crippen LogP contribution is -2.56. The second-order valence-corrected chi connectivity index (χ2v) is 5.57.